The molecular weight excluding hydrogens is 212 g/mol. The van der Waals surface area contributed by atoms with Crippen LogP contribution < -0.4 is 5.32 Å². The second-order valence-corrected chi connectivity index (χ2v) is 6.47. The fraction of sp³-hybridized carbons (Fsp3) is 0.900. The number of nitrogens with one attached hydrogen (secondary N) is 1. The summed E-state index contributed by atoms with van der Waals surface area (Å²) in [6.07, 6.45) is 4.99. The zero-order chi connectivity index (χ0) is 11.3. The molecule has 1 rings (SSSR count). The molecule has 0 saturated heterocycles. The first-order valence-electron chi connectivity index (χ1n) is 5.33. The molecule has 4 nitrogen and oxygen atoms in total. The summed E-state index contributed by atoms with van der Waals surface area (Å²) in [6, 6.07) is 2.56. The highest BCUT2D eigenvalue weighted by Crippen LogP contribution is 2.24. The molecule has 15 heavy (non-hydrogen) atoms. The molecule has 1 saturated carbocycles. The fourth-order valence-corrected chi connectivity index (χ4v) is 2.65. The second-order valence-electron chi connectivity index (χ2n) is 4.21. The van der Waals surface area contributed by atoms with Gasteiger partial charge in [-0.05, 0) is 25.8 Å². The Morgan fingerprint density at radius 2 is 2.20 bits per heavy atom. The standard InChI is InChI=1S/C10H18N2O2S/c1-15(13,14)7-3-6-12-10-5-2-4-9(10)8-11/h9-10,12H,2-7H2,1H3. The van der Waals surface area contributed by atoms with E-state index in [9.17, 15) is 8.42 Å². The van der Waals surface area contributed by atoms with E-state index in [1.54, 1.807) is 0 Å². The average molecular weight is 230 g/mol. The van der Waals surface area contributed by atoms with Gasteiger partial charge in [0, 0.05) is 12.3 Å². The van der Waals surface area contributed by atoms with E-state index in [0.29, 0.717) is 13.0 Å². The topological polar surface area (TPSA) is 70.0 Å². The van der Waals surface area contributed by atoms with Crippen LogP contribution in [0.4, 0.5) is 0 Å². The Hall–Kier alpha value is -0.600. The van der Waals surface area contributed by atoms with Gasteiger partial charge < -0.3 is 5.32 Å². The Bertz CT molecular complexity index is 332. The molecule has 0 bridgehead atoms. The van der Waals surface area contributed by atoms with Crippen LogP contribution >= 0.6 is 0 Å². The van der Waals surface area contributed by atoms with Gasteiger partial charge in [0.05, 0.1) is 17.7 Å². The molecule has 0 heterocycles. The molecule has 0 aromatic rings. The first-order chi connectivity index (χ1) is 7.03. The maximum Gasteiger partial charge on any atom is 0.147 e. The third-order valence-corrected chi connectivity index (χ3v) is 3.81. The van der Waals surface area contributed by atoms with E-state index in [1.165, 1.54) is 6.26 Å². The minimum atomic E-state index is -2.84. The van der Waals surface area contributed by atoms with Crippen LogP contribution in [-0.4, -0.2) is 33.0 Å². The molecule has 0 aromatic carbocycles. The molecule has 2 atom stereocenters. The summed E-state index contributed by atoms with van der Waals surface area (Å²) in [5, 5.41) is 12.1. The summed E-state index contributed by atoms with van der Waals surface area (Å²) >= 11 is 0. The van der Waals surface area contributed by atoms with Crippen LogP contribution in [0.15, 0.2) is 0 Å². The lowest BCUT2D eigenvalue weighted by Crippen LogP contribution is -2.33. The summed E-state index contributed by atoms with van der Waals surface area (Å²) in [4.78, 5) is 0. The van der Waals surface area contributed by atoms with Crippen molar-refractivity contribution in [2.45, 2.75) is 31.7 Å². The van der Waals surface area contributed by atoms with E-state index in [4.69, 9.17) is 5.26 Å². The normalized spacial score (nSPS) is 26.4. The van der Waals surface area contributed by atoms with Gasteiger partial charge in [-0.15, -0.1) is 0 Å². The molecule has 2 unspecified atom stereocenters. The van der Waals surface area contributed by atoms with Crippen LogP contribution in [0.2, 0.25) is 0 Å². The number of nitriles is 1. The van der Waals surface area contributed by atoms with Gasteiger partial charge >= 0.3 is 0 Å². The van der Waals surface area contributed by atoms with E-state index in [2.05, 4.69) is 11.4 Å². The Kier molecular flexibility index (Phi) is 4.55. The van der Waals surface area contributed by atoms with Crippen molar-refractivity contribution in [2.24, 2.45) is 5.92 Å². The summed E-state index contributed by atoms with van der Waals surface area (Å²) < 4.78 is 21.7. The van der Waals surface area contributed by atoms with Crippen molar-refractivity contribution in [3.05, 3.63) is 0 Å². The van der Waals surface area contributed by atoms with Crippen molar-refractivity contribution in [3.8, 4) is 6.07 Å². The van der Waals surface area contributed by atoms with Crippen molar-refractivity contribution in [2.75, 3.05) is 18.6 Å². The number of nitrogens with zero attached hydrogens (tertiary/aromatic N) is 1. The van der Waals surface area contributed by atoms with E-state index in [1.807, 2.05) is 0 Å². The van der Waals surface area contributed by atoms with Crippen LogP contribution in [0.3, 0.4) is 0 Å². The van der Waals surface area contributed by atoms with E-state index in [-0.39, 0.29) is 17.7 Å². The molecule has 1 aliphatic rings. The van der Waals surface area contributed by atoms with Crippen molar-refractivity contribution >= 4 is 9.84 Å². The lowest BCUT2D eigenvalue weighted by Gasteiger charge is -2.14. The summed E-state index contributed by atoms with van der Waals surface area (Å²) in [7, 11) is -2.84. The van der Waals surface area contributed by atoms with Gasteiger partial charge in [0.15, 0.2) is 0 Å². The van der Waals surface area contributed by atoms with Gasteiger partial charge in [-0.1, -0.05) is 6.42 Å². The number of hydrogen-bond acceptors (Lipinski definition) is 4. The quantitative estimate of drug-likeness (QED) is 0.706. The van der Waals surface area contributed by atoms with Crippen molar-refractivity contribution in [1.82, 2.24) is 5.32 Å². The molecule has 0 aliphatic heterocycles. The average Bonchev–Trinajstić information content (AvgIpc) is 2.58. The minimum absolute atomic E-state index is 0.114. The maximum absolute atomic E-state index is 10.9. The molecule has 1 fully saturated rings. The molecule has 0 aromatic heterocycles. The summed E-state index contributed by atoms with van der Waals surface area (Å²) in [6.45, 7) is 0.690. The van der Waals surface area contributed by atoms with Crippen molar-refractivity contribution < 1.29 is 8.42 Å². The first-order valence-corrected chi connectivity index (χ1v) is 7.40. The monoisotopic (exact) mass is 230 g/mol. The zero-order valence-corrected chi connectivity index (χ0v) is 9.89. The predicted molar refractivity (Wildman–Crippen MR) is 59.1 cm³/mol. The highest BCUT2D eigenvalue weighted by Gasteiger charge is 2.26. The van der Waals surface area contributed by atoms with E-state index >= 15 is 0 Å². The maximum atomic E-state index is 10.9. The highest BCUT2D eigenvalue weighted by atomic mass is 32.2. The van der Waals surface area contributed by atoms with Gasteiger partial charge in [-0.2, -0.15) is 5.26 Å². The molecular formula is C10H18N2O2S. The third-order valence-electron chi connectivity index (χ3n) is 2.78. The molecule has 1 N–H and O–H groups in total. The van der Waals surface area contributed by atoms with Gasteiger partial charge in [-0.25, -0.2) is 8.42 Å². The van der Waals surface area contributed by atoms with Crippen LogP contribution in [-0.2, 0) is 9.84 Å². The van der Waals surface area contributed by atoms with Crippen molar-refractivity contribution in [1.29, 1.82) is 5.26 Å². The van der Waals surface area contributed by atoms with Gasteiger partial charge in [0.1, 0.15) is 9.84 Å². The Morgan fingerprint density at radius 3 is 2.80 bits per heavy atom. The summed E-state index contributed by atoms with van der Waals surface area (Å²) in [5.74, 6) is 0.340. The Balaban J connectivity index is 2.18. The first kappa shape index (κ1) is 12.5. The van der Waals surface area contributed by atoms with Crippen LogP contribution in [0.5, 0.6) is 0 Å². The molecule has 0 radical (unpaired) electrons. The molecule has 86 valence electrons. The third kappa shape index (κ3) is 4.63. The van der Waals surface area contributed by atoms with E-state index < -0.39 is 9.84 Å². The second kappa shape index (κ2) is 5.47. The fourth-order valence-electron chi connectivity index (χ4n) is 1.98. The SMILES string of the molecule is CS(=O)(=O)CCCNC1CCCC1C#N. The largest absolute Gasteiger partial charge is 0.313 e. The Morgan fingerprint density at radius 1 is 1.47 bits per heavy atom. The van der Waals surface area contributed by atoms with Gasteiger partial charge in [0.25, 0.3) is 0 Å². The zero-order valence-electron chi connectivity index (χ0n) is 9.07. The molecule has 1 aliphatic carbocycles. The van der Waals surface area contributed by atoms with Crippen molar-refractivity contribution in [3.63, 3.8) is 0 Å². The Labute approximate surface area is 91.6 Å². The van der Waals surface area contributed by atoms with E-state index in [0.717, 1.165) is 19.3 Å². The number of rotatable bonds is 5. The van der Waals surface area contributed by atoms with Crippen LogP contribution in [0, 0.1) is 17.2 Å². The molecule has 0 amide bonds. The van der Waals surface area contributed by atoms with Crippen LogP contribution in [0.25, 0.3) is 0 Å². The molecule has 5 heteroatoms. The van der Waals surface area contributed by atoms with Gasteiger partial charge in [-0.3, -0.25) is 0 Å². The van der Waals surface area contributed by atoms with Gasteiger partial charge in [0.2, 0.25) is 0 Å². The van der Waals surface area contributed by atoms with Crippen LogP contribution in [0.1, 0.15) is 25.7 Å². The predicted octanol–water partition coefficient (Wildman–Crippen LogP) is 0.703. The highest BCUT2D eigenvalue weighted by molar-refractivity contribution is 7.90. The lowest BCUT2D eigenvalue weighted by atomic mass is 10.1. The smallest absolute Gasteiger partial charge is 0.147 e. The summed E-state index contributed by atoms with van der Waals surface area (Å²) in [5.41, 5.74) is 0. The minimum Gasteiger partial charge on any atom is -0.313 e. The molecule has 0 spiro atoms. The number of sulfone groups is 1. The number of hydrogen-bond donors (Lipinski definition) is 1. The lowest BCUT2D eigenvalue weighted by molar-refractivity contribution is 0.465.